The van der Waals surface area contributed by atoms with Crippen molar-refractivity contribution in [2.75, 3.05) is 6.26 Å². The average molecular weight is 418 g/mol. The topological polar surface area (TPSA) is 89.5 Å². The van der Waals surface area contributed by atoms with Crippen LogP contribution in [0.15, 0.2) is 28.7 Å². The van der Waals surface area contributed by atoms with E-state index in [0.717, 1.165) is 10.7 Å². The smallest absolute Gasteiger partial charge is 0.408 e. The second-order valence-corrected chi connectivity index (χ2v) is 10.0. The van der Waals surface area contributed by atoms with Gasteiger partial charge in [0.25, 0.3) is 0 Å². The van der Waals surface area contributed by atoms with E-state index in [-0.39, 0.29) is 0 Å². The van der Waals surface area contributed by atoms with E-state index in [4.69, 9.17) is 4.74 Å². The predicted molar refractivity (Wildman–Crippen MR) is 93.7 cm³/mol. The number of halogens is 1. The SMILES string of the molecule is CC(C)(C)OC(=O)N[C@]1(C=O)[C@@H](c2ccc(Br)cc2)[C@@H]1S(C)(=O)=O. The average Bonchev–Trinajstić information content (AvgIpc) is 3.06. The van der Waals surface area contributed by atoms with Crippen molar-refractivity contribution in [2.45, 2.75) is 43.1 Å². The number of aldehydes is 1. The van der Waals surface area contributed by atoms with E-state index in [1.54, 1.807) is 45.0 Å². The summed E-state index contributed by atoms with van der Waals surface area (Å²) in [6, 6.07) is 6.98. The maximum atomic E-state index is 12.1. The Morgan fingerprint density at radius 3 is 2.25 bits per heavy atom. The number of carbonyl (C=O) groups excluding carboxylic acids is 2. The first-order valence-electron chi connectivity index (χ1n) is 7.32. The Kier molecular flexibility index (Phi) is 4.85. The lowest BCUT2D eigenvalue weighted by atomic mass is 10.1. The normalized spacial score (nSPS) is 26.5. The fourth-order valence-corrected chi connectivity index (χ4v) is 4.93. The number of rotatable bonds is 4. The summed E-state index contributed by atoms with van der Waals surface area (Å²) in [6.45, 7) is 5.06. The molecule has 1 aromatic carbocycles. The van der Waals surface area contributed by atoms with Crippen molar-refractivity contribution in [1.82, 2.24) is 5.32 Å². The van der Waals surface area contributed by atoms with Crippen LogP contribution in [-0.2, 0) is 19.4 Å². The van der Waals surface area contributed by atoms with Gasteiger partial charge in [-0.15, -0.1) is 0 Å². The molecule has 0 aromatic heterocycles. The van der Waals surface area contributed by atoms with E-state index in [2.05, 4.69) is 21.2 Å². The van der Waals surface area contributed by atoms with E-state index in [1.807, 2.05) is 0 Å². The van der Waals surface area contributed by atoms with Gasteiger partial charge in [-0.1, -0.05) is 28.1 Å². The molecule has 8 heteroatoms. The number of sulfone groups is 1. The lowest BCUT2D eigenvalue weighted by Gasteiger charge is -2.22. The van der Waals surface area contributed by atoms with Gasteiger partial charge in [-0.2, -0.15) is 0 Å². The lowest BCUT2D eigenvalue weighted by molar-refractivity contribution is -0.110. The molecule has 0 spiro atoms. The summed E-state index contributed by atoms with van der Waals surface area (Å²) in [5.41, 5.74) is -1.60. The maximum absolute atomic E-state index is 12.1. The zero-order valence-corrected chi connectivity index (χ0v) is 16.3. The minimum Gasteiger partial charge on any atom is -0.444 e. The zero-order valence-electron chi connectivity index (χ0n) is 13.9. The van der Waals surface area contributed by atoms with Crippen molar-refractivity contribution >= 4 is 38.1 Å². The highest BCUT2D eigenvalue weighted by Crippen LogP contribution is 2.54. The quantitative estimate of drug-likeness (QED) is 0.759. The first-order chi connectivity index (χ1) is 10.9. The molecule has 6 nitrogen and oxygen atoms in total. The number of hydrogen-bond acceptors (Lipinski definition) is 5. The van der Waals surface area contributed by atoms with Crippen LogP contribution in [0.1, 0.15) is 32.3 Å². The first-order valence-corrected chi connectivity index (χ1v) is 10.1. The molecule has 3 atom stereocenters. The third-order valence-electron chi connectivity index (χ3n) is 3.78. The van der Waals surface area contributed by atoms with Gasteiger partial charge in [-0.3, -0.25) is 0 Å². The highest BCUT2D eigenvalue weighted by molar-refractivity contribution is 9.10. The van der Waals surface area contributed by atoms with Gasteiger partial charge >= 0.3 is 6.09 Å². The Balaban J connectivity index is 2.36. The van der Waals surface area contributed by atoms with Crippen molar-refractivity contribution < 1.29 is 22.7 Å². The van der Waals surface area contributed by atoms with Gasteiger partial charge in [-0.05, 0) is 38.5 Å². The molecule has 1 saturated carbocycles. The predicted octanol–water partition coefficient (Wildman–Crippen LogP) is 2.42. The van der Waals surface area contributed by atoms with Crippen molar-refractivity contribution in [2.24, 2.45) is 0 Å². The Morgan fingerprint density at radius 1 is 1.29 bits per heavy atom. The number of amides is 1. The van der Waals surface area contributed by atoms with Gasteiger partial charge in [0.2, 0.25) is 0 Å². The van der Waals surface area contributed by atoms with Crippen LogP contribution < -0.4 is 5.32 Å². The van der Waals surface area contributed by atoms with Gasteiger partial charge in [0.1, 0.15) is 22.7 Å². The van der Waals surface area contributed by atoms with Crippen molar-refractivity contribution in [3.05, 3.63) is 34.3 Å². The first kappa shape index (κ1) is 18.9. The highest BCUT2D eigenvalue weighted by Gasteiger charge is 2.71. The Bertz CT molecular complexity index is 754. The van der Waals surface area contributed by atoms with E-state index >= 15 is 0 Å². The highest BCUT2D eigenvalue weighted by atomic mass is 79.9. The maximum Gasteiger partial charge on any atom is 0.408 e. The molecule has 2 rings (SSSR count). The minimum absolute atomic E-state index is 0.495. The van der Waals surface area contributed by atoms with Gasteiger partial charge in [0, 0.05) is 16.6 Å². The van der Waals surface area contributed by atoms with Gasteiger partial charge in [-0.25, -0.2) is 13.2 Å². The molecule has 1 aliphatic carbocycles. The summed E-state index contributed by atoms with van der Waals surface area (Å²) < 4.78 is 30.3. The number of carbonyl (C=O) groups is 2. The Hall–Kier alpha value is -1.41. The number of benzene rings is 1. The van der Waals surface area contributed by atoms with Crippen LogP contribution in [0.5, 0.6) is 0 Å². The largest absolute Gasteiger partial charge is 0.444 e. The van der Waals surface area contributed by atoms with Crippen LogP contribution in [0, 0.1) is 0 Å². The molecule has 1 N–H and O–H groups in total. The molecule has 0 heterocycles. The van der Waals surface area contributed by atoms with E-state index in [1.165, 1.54) is 0 Å². The van der Waals surface area contributed by atoms with Crippen molar-refractivity contribution in [1.29, 1.82) is 0 Å². The molecule has 0 radical (unpaired) electrons. The number of nitrogens with one attached hydrogen (secondary N) is 1. The lowest BCUT2D eigenvalue weighted by Crippen LogP contribution is -2.45. The van der Waals surface area contributed by atoms with Crippen LogP contribution in [0.4, 0.5) is 4.79 Å². The molecular formula is C16H20BrNO5S. The third-order valence-corrected chi connectivity index (χ3v) is 5.90. The molecule has 1 aliphatic rings. The second kappa shape index (κ2) is 6.15. The minimum atomic E-state index is -3.56. The molecule has 24 heavy (non-hydrogen) atoms. The van der Waals surface area contributed by atoms with Crippen LogP contribution in [-0.4, -0.2) is 43.4 Å². The number of hydrogen-bond donors (Lipinski definition) is 1. The van der Waals surface area contributed by atoms with Gasteiger partial charge in [0.05, 0.1) is 0 Å². The summed E-state index contributed by atoms with van der Waals surface area (Å²) in [5, 5.41) is 1.46. The van der Waals surface area contributed by atoms with Gasteiger partial charge < -0.3 is 14.8 Å². The molecule has 132 valence electrons. The molecule has 1 fully saturated rings. The monoisotopic (exact) mass is 417 g/mol. The summed E-state index contributed by atoms with van der Waals surface area (Å²) in [5.74, 6) is -0.648. The molecule has 1 aromatic rings. The Labute approximate surface area is 150 Å². The molecule has 1 amide bonds. The number of alkyl carbamates (subject to hydrolysis) is 1. The fourth-order valence-electron chi connectivity index (χ4n) is 2.90. The summed E-state index contributed by atoms with van der Waals surface area (Å²) in [7, 11) is -3.56. The van der Waals surface area contributed by atoms with Crippen molar-refractivity contribution in [3.63, 3.8) is 0 Å². The third kappa shape index (κ3) is 3.80. The molecule has 0 saturated heterocycles. The van der Waals surface area contributed by atoms with Gasteiger partial charge in [0.15, 0.2) is 9.84 Å². The fraction of sp³-hybridized carbons (Fsp3) is 0.500. The molecule has 0 aliphatic heterocycles. The number of ether oxygens (including phenoxy) is 1. The van der Waals surface area contributed by atoms with Crippen LogP contribution >= 0.6 is 15.9 Å². The van der Waals surface area contributed by atoms with E-state index < -0.39 is 38.2 Å². The standard InChI is InChI=1S/C16H20BrNO5S/c1-15(2,3)23-14(20)18-16(9-19)12(13(16)24(4,21)22)10-5-7-11(17)8-6-10/h5-9,12-13H,1-4H3,(H,18,20)/t12-,13-,16+/m0/s1. The Morgan fingerprint density at radius 2 is 1.83 bits per heavy atom. The summed E-state index contributed by atoms with van der Waals surface area (Å²) >= 11 is 3.31. The van der Waals surface area contributed by atoms with E-state index in [9.17, 15) is 18.0 Å². The van der Waals surface area contributed by atoms with Crippen molar-refractivity contribution in [3.8, 4) is 0 Å². The van der Waals surface area contributed by atoms with Crippen LogP contribution in [0.2, 0.25) is 0 Å². The van der Waals surface area contributed by atoms with E-state index in [0.29, 0.717) is 11.8 Å². The summed E-state index contributed by atoms with van der Waals surface area (Å²) in [4.78, 5) is 23.8. The van der Waals surface area contributed by atoms with Crippen LogP contribution in [0.3, 0.4) is 0 Å². The summed E-state index contributed by atoms with van der Waals surface area (Å²) in [6.07, 6.45) is 0.740. The molecule has 0 bridgehead atoms. The second-order valence-electron chi connectivity index (χ2n) is 6.96. The molecule has 0 unspecified atom stereocenters. The zero-order chi connectivity index (χ0) is 18.3. The van der Waals surface area contributed by atoms with Crippen LogP contribution in [0.25, 0.3) is 0 Å². The molecular weight excluding hydrogens is 398 g/mol.